The average Bonchev–Trinajstić information content (AvgIpc) is 2.79. The van der Waals surface area contributed by atoms with Gasteiger partial charge >= 0.3 is 0 Å². The summed E-state index contributed by atoms with van der Waals surface area (Å²) in [5.74, 6) is 0.201. The molecule has 30 heavy (non-hydrogen) atoms. The van der Waals surface area contributed by atoms with Crippen LogP contribution in [0.4, 0.5) is 4.39 Å². The van der Waals surface area contributed by atoms with E-state index in [2.05, 4.69) is 5.32 Å². The number of hydrogen-bond acceptors (Lipinski definition) is 3. The summed E-state index contributed by atoms with van der Waals surface area (Å²) in [6.45, 7) is 3.11. The Balaban J connectivity index is 1.58. The number of carbonyl (C=O) groups excluding carboxylic acids is 2. The van der Waals surface area contributed by atoms with Gasteiger partial charge in [-0.3, -0.25) is 9.59 Å². The predicted molar refractivity (Wildman–Crippen MR) is 114 cm³/mol. The molecule has 2 aromatic rings. The van der Waals surface area contributed by atoms with Crippen LogP contribution < -0.4 is 10.1 Å². The molecule has 0 aliphatic carbocycles. The van der Waals surface area contributed by atoms with Crippen LogP contribution in [0.2, 0.25) is 0 Å². The third-order valence-corrected chi connectivity index (χ3v) is 5.66. The first kappa shape index (κ1) is 21.8. The number of halogens is 1. The summed E-state index contributed by atoms with van der Waals surface area (Å²) < 4.78 is 18.3. The van der Waals surface area contributed by atoms with Crippen molar-refractivity contribution in [2.75, 3.05) is 20.2 Å². The zero-order valence-corrected chi connectivity index (χ0v) is 17.6. The molecule has 2 amide bonds. The van der Waals surface area contributed by atoms with E-state index in [9.17, 15) is 14.0 Å². The summed E-state index contributed by atoms with van der Waals surface area (Å²) >= 11 is 0. The zero-order valence-electron chi connectivity index (χ0n) is 17.6. The van der Waals surface area contributed by atoms with Gasteiger partial charge < -0.3 is 15.0 Å². The molecule has 160 valence electrons. The second-order valence-corrected chi connectivity index (χ2v) is 7.72. The maximum Gasteiger partial charge on any atom is 0.227 e. The summed E-state index contributed by atoms with van der Waals surface area (Å²) in [4.78, 5) is 27.3. The molecule has 3 rings (SSSR count). The van der Waals surface area contributed by atoms with Crippen molar-refractivity contribution in [3.05, 3.63) is 65.5 Å². The zero-order chi connectivity index (χ0) is 21.5. The van der Waals surface area contributed by atoms with E-state index in [1.165, 1.54) is 12.1 Å². The Kier molecular flexibility index (Phi) is 7.44. The van der Waals surface area contributed by atoms with Crippen LogP contribution in [0.3, 0.4) is 0 Å². The molecule has 1 saturated heterocycles. The van der Waals surface area contributed by atoms with Gasteiger partial charge in [0.25, 0.3) is 0 Å². The average molecular weight is 413 g/mol. The smallest absolute Gasteiger partial charge is 0.227 e. The summed E-state index contributed by atoms with van der Waals surface area (Å²) in [5.41, 5.74) is 1.81. The molecule has 2 unspecified atom stereocenters. The molecule has 1 heterocycles. The van der Waals surface area contributed by atoms with Gasteiger partial charge in [-0.2, -0.15) is 0 Å². The molecule has 0 bridgehead atoms. The molecular formula is C24H29FN2O3. The van der Waals surface area contributed by atoms with E-state index in [0.29, 0.717) is 13.1 Å². The van der Waals surface area contributed by atoms with Gasteiger partial charge in [0.15, 0.2) is 0 Å². The fourth-order valence-electron chi connectivity index (χ4n) is 3.85. The monoisotopic (exact) mass is 412 g/mol. The van der Waals surface area contributed by atoms with Crippen LogP contribution in [0, 0.1) is 11.7 Å². The Morgan fingerprint density at radius 3 is 2.50 bits per heavy atom. The number of nitrogens with one attached hydrogen (secondary N) is 1. The Bertz CT molecular complexity index is 852. The first-order valence-corrected chi connectivity index (χ1v) is 10.5. The second kappa shape index (κ2) is 10.2. The molecule has 1 fully saturated rings. The van der Waals surface area contributed by atoms with Gasteiger partial charge in [-0.05, 0) is 54.7 Å². The Hall–Kier alpha value is -2.89. The van der Waals surface area contributed by atoms with Gasteiger partial charge in [-0.1, -0.05) is 31.2 Å². The minimum Gasteiger partial charge on any atom is -0.497 e. The molecule has 0 radical (unpaired) electrons. The molecule has 0 aromatic heterocycles. The molecule has 6 heteroatoms. The van der Waals surface area contributed by atoms with Crippen LogP contribution in [0.25, 0.3) is 0 Å². The van der Waals surface area contributed by atoms with Crippen molar-refractivity contribution in [3.63, 3.8) is 0 Å². The first-order valence-electron chi connectivity index (χ1n) is 10.5. The topological polar surface area (TPSA) is 58.6 Å². The van der Waals surface area contributed by atoms with Crippen LogP contribution in [-0.2, 0) is 16.0 Å². The van der Waals surface area contributed by atoms with Gasteiger partial charge in [0.2, 0.25) is 11.8 Å². The van der Waals surface area contributed by atoms with E-state index in [1.807, 2.05) is 31.2 Å². The highest BCUT2D eigenvalue weighted by atomic mass is 19.1. The third kappa shape index (κ3) is 5.59. The van der Waals surface area contributed by atoms with Crippen LogP contribution in [0.1, 0.15) is 43.4 Å². The highest BCUT2D eigenvalue weighted by Crippen LogP contribution is 2.23. The van der Waals surface area contributed by atoms with Crippen molar-refractivity contribution in [2.24, 2.45) is 5.92 Å². The number of benzene rings is 2. The first-order chi connectivity index (χ1) is 14.5. The summed E-state index contributed by atoms with van der Waals surface area (Å²) in [6.07, 6.45) is 2.56. The number of likely N-dealkylation sites (tertiary alicyclic amines) is 1. The van der Waals surface area contributed by atoms with E-state index in [-0.39, 0.29) is 36.0 Å². The summed E-state index contributed by atoms with van der Waals surface area (Å²) in [5, 5.41) is 3.15. The SMILES string of the molecule is CCC(NC(=O)C1CCCN(C(=O)Cc2ccc(F)cc2)C1)c1ccc(OC)cc1. The highest BCUT2D eigenvalue weighted by molar-refractivity contribution is 5.82. The minimum atomic E-state index is -0.316. The van der Waals surface area contributed by atoms with Gasteiger partial charge in [0.05, 0.1) is 25.5 Å². The van der Waals surface area contributed by atoms with Crippen molar-refractivity contribution < 1.29 is 18.7 Å². The van der Waals surface area contributed by atoms with E-state index in [4.69, 9.17) is 4.74 Å². The number of hydrogen-bond donors (Lipinski definition) is 1. The molecule has 1 aliphatic heterocycles. The Morgan fingerprint density at radius 1 is 1.17 bits per heavy atom. The fraction of sp³-hybridized carbons (Fsp3) is 0.417. The Labute approximate surface area is 177 Å². The quantitative estimate of drug-likeness (QED) is 0.751. The molecule has 1 aliphatic rings. The molecule has 5 nitrogen and oxygen atoms in total. The number of piperidine rings is 1. The lowest BCUT2D eigenvalue weighted by Gasteiger charge is -2.33. The molecule has 1 N–H and O–H groups in total. The van der Waals surface area contributed by atoms with Crippen LogP contribution in [0.15, 0.2) is 48.5 Å². The Morgan fingerprint density at radius 2 is 1.87 bits per heavy atom. The maximum atomic E-state index is 13.1. The maximum absolute atomic E-state index is 13.1. The van der Waals surface area contributed by atoms with Crippen LogP contribution in [-0.4, -0.2) is 36.9 Å². The molecule has 2 aromatic carbocycles. The molecule has 0 saturated carbocycles. The van der Waals surface area contributed by atoms with E-state index < -0.39 is 0 Å². The van der Waals surface area contributed by atoms with Gasteiger partial charge in [-0.25, -0.2) is 4.39 Å². The highest BCUT2D eigenvalue weighted by Gasteiger charge is 2.29. The second-order valence-electron chi connectivity index (χ2n) is 7.72. The lowest BCUT2D eigenvalue weighted by Crippen LogP contribution is -2.46. The predicted octanol–water partition coefficient (Wildman–Crippen LogP) is 3.88. The molecule has 2 atom stereocenters. The third-order valence-electron chi connectivity index (χ3n) is 5.66. The largest absolute Gasteiger partial charge is 0.497 e. The summed E-state index contributed by atoms with van der Waals surface area (Å²) in [6, 6.07) is 13.6. The van der Waals surface area contributed by atoms with Crippen molar-refractivity contribution in [1.82, 2.24) is 10.2 Å². The summed E-state index contributed by atoms with van der Waals surface area (Å²) in [7, 11) is 1.63. The number of amides is 2. The number of rotatable bonds is 7. The van der Waals surface area contributed by atoms with Crippen molar-refractivity contribution in [1.29, 1.82) is 0 Å². The number of nitrogens with zero attached hydrogens (tertiary/aromatic N) is 1. The number of carbonyl (C=O) groups is 2. The van der Waals surface area contributed by atoms with Gasteiger partial charge in [0.1, 0.15) is 11.6 Å². The van der Waals surface area contributed by atoms with Crippen molar-refractivity contribution in [2.45, 2.75) is 38.6 Å². The lowest BCUT2D eigenvalue weighted by atomic mass is 9.95. The van der Waals surface area contributed by atoms with E-state index in [0.717, 1.165) is 36.1 Å². The fourth-order valence-corrected chi connectivity index (χ4v) is 3.85. The lowest BCUT2D eigenvalue weighted by molar-refractivity contribution is -0.135. The standard InChI is InChI=1S/C24H29FN2O3/c1-3-22(18-8-12-21(30-2)13-9-18)26-24(29)19-5-4-14-27(16-19)23(28)15-17-6-10-20(25)11-7-17/h6-13,19,22H,3-5,14-16H2,1-2H3,(H,26,29). The van der Waals surface area contributed by atoms with E-state index in [1.54, 1.807) is 24.1 Å². The number of methoxy groups -OCH3 is 1. The van der Waals surface area contributed by atoms with Crippen LogP contribution in [0.5, 0.6) is 5.75 Å². The minimum absolute atomic E-state index is 0.0167. The van der Waals surface area contributed by atoms with Crippen molar-refractivity contribution in [3.8, 4) is 5.75 Å². The van der Waals surface area contributed by atoms with Crippen LogP contribution >= 0.6 is 0 Å². The number of ether oxygens (including phenoxy) is 1. The normalized spacial score (nSPS) is 17.3. The van der Waals surface area contributed by atoms with Gasteiger partial charge in [-0.15, -0.1) is 0 Å². The van der Waals surface area contributed by atoms with Gasteiger partial charge in [0, 0.05) is 13.1 Å². The van der Waals surface area contributed by atoms with Crippen molar-refractivity contribution >= 4 is 11.8 Å². The molecule has 0 spiro atoms. The van der Waals surface area contributed by atoms with E-state index >= 15 is 0 Å². The molecular weight excluding hydrogens is 383 g/mol.